The van der Waals surface area contributed by atoms with Crippen molar-refractivity contribution < 1.29 is 9.18 Å². The van der Waals surface area contributed by atoms with Gasteiger partial charge in [-0.25, -0.2) is 4.39 Å². The van der Waals surface area contributed by atoms with E-state index in [1.807, 2.05) is 0 Å². The highest BCUT2D eigenvalue weighted by atomic mass is 31.0. The summed E-state index contributed by atoms with van der Waals surface area (Å²) in [5.41, 5.74) is 0.523. The van der Waals surface area contributed by atoms with Crippen molar-refractivity contribution >= 4 is 26.8 Å². The van der Waals surface area contributed by atoms with Crippen molar-refractivity contribution in [3.63, 3.8) is 0 Å². The van der Waals surface area contributed by atoms with Crippen LogP contribution in [0.4, 0.5) is 10.1 Å². The van der Waals surface area contributed by atoms with E-state index in [9.17, 15) is 9.18 Å². The summed E-state index contributed by atoms with van der Waals surface area (Å²) < 4.78 is 12.3. The number of nitrogens with one attached hydrogen (secondary N) is 1. The number of halogens is 1. The molecule has 0 bridgehead atoms. The number of aliphatic imine (C=N–C) groups is 1. The topological polar surface area (TPSA) is 54.4 Å². The van der Waals surface area contributed by atoms with E-state index in [-0.39, 0.29) is 11.7 Å². The summed E-state index contributed by atoms with van der Waals surface area (Å²) in [6.45, 7) is 0.888. The van der Waals surface area contributed by atoms with E-state index in [0.717, 1.165) is 25.6 Å². The van der Waals surface area contributed by atoms with Gasteiger partial charge < -0.3 is 5.32 Å². The zero-order valence-corrected chi connectivity index (χ0v) is 9.84. The molecule has 0 radical (unpaired) electrons. The van der Waals surface area contributed by atoms with Gasteiger partial charge in [0.2, 0.25) is 5.91 Å². The minimum Gasteiger partial charge on any atom is -0.356 e. The van der Waals surface area contributed by atoms with Gasteiger partial charge in [0.15, 0.2) is 0 Å². The summed E-state index contributed by atoms with van der Waals surface area (Å²) in [6, 6.07) is 1.31. The quantitative estimate of drug-likeness (QED) is 0.600. The van der Waals surface area contributed by atoms with E-state index < -0.39 is 0 Å². The standard InChI is InChI=1S/C6H6FN2P.C4H7NO/c7-5-1-6(9-4-10)3-8-2-5;6-4-2-1-3-5-4/h1-4H,10H2;1-3H2,(H,5,6). The van der Waals surface area contributed by atoms with Crippen molar-refractivity contribution in [3.05, 3.63) is 24.3 Å². The van der Waals surface area contributed by atoms with Crippen LogP contribution in [0.5, 0.6) is 0 Å². The van der Waals surface area contributed by atoms with E-state index in [1.165, 1.54) is 18.2 Å². The SMILES string of the molecule is Fc1cncc(N=CP)c1.O=C1CCCN1. The van der Waals surface area contributed by atoms with Crippen LogP contribution >= 0.6 is 9.24 Å². The molecule has 1 saturated heterocycles. The Bertz CT molecular complexity index is 376. The monoisotopic (exact) mass is 241 g/mol. The molecular weight excluding hydrogens is 228 g/mol. The van der Waals surface area contributed by atoms with Crippen molar-refractivity contribution in [2.45, 2.75) is 12.8 Å². The molecule has 2 rings (SSSR count). The Morgan fingerprint density at radius 3 is 2.81 bits per heavy atom. The normalized spacial score (nSPS) is 14.5. The Morgan fingerprint density at radius 1 is 1.56 bits per heavy atom. The van der Waals surface area contributed by atoms with Gasteiger partial charge in [0.1, 0.15) is 5.82 Å². The Labute approximate surface area is 95.6 Å². The predicted molar refractivity (Wildman–Crippen MR) is 64.3 cm³/mol. The summed E-state index contributed by atoms with van der Waals surface area (Å²) in [5.74, 6) is 1.35. The second-order valence-corrected chi connectivity index (χ2v) is 3.39. The second kappa shape index (κ2) is 7.01. The molecule has 1 amide bonds. The van der Waals surface area contributed by atoms with Crippen LogP contribution in [0.1, 0.15) is 12.8 Å². The molecule has 4 nitrogen and oxygen atoms in total. The van der Waals surface area contributed by atoms with Crippen LogP contribution in [-0.4, -0.2) is 23.4 Å². The van der Waals surface area contributed by atoms with Crippen LogP contribution in [0.25, 0.3) is 0 Å². The van der Waals surface area contributed by atoms with Crippen LogP contribution in [0, 0.1) is 5.82 Å². The third kappa shape index (κ3) is 4.94. The number of rotatable bonds is 1. The molecule has 2 heterocycles. The molecule has 1 aliphatic rings. The zero-order chi connectivity index (χ0) is 11.8. The molecule has 1 N–H and O–H groups in total. The summed E-state index contributed by atoms with van der Waals surface area (Å²) >= 11 is 0. The number of hydrogen-bond donors (Lipinski definition) is 1. The Hall–Kier alpha value is -1.35. The van der Waals surface area contributed by atoms with Gasteiger partial charge in [-0.2, -0.15) is 0 Å². The highest BCUT2D eigenvalue weighted by molar-refractivity contribution is 7.36. The maximum absolute atomic E-state index is 12.3. The highest BCUT2D eigenvalue weighted by Crippen LogP contribution is 2.09. The average molecular weight is 241 g/mol. The molecule has 1 aromatic heterocycles. The molecule has 0 saturated carbocycles. The molecule has 1 unspecified atom stereocenters. The van der Waals surface area contributed by atoms with Crippen LogP contribution in [0.15, 0.2) is 23.5 Å². The first-order valence-corrected chi connectivity index (χ1v) is 5.50. The van der Waals surface area contributed by atoms with E-state index in [0.29, 0.717) is 5.69 Å². The van der Waals surface area contributed by atoms with Gasteiger partial charge in [-0.15, -0.1) is 0 Å². The first-order valence-electron chi connectivity index (χ1n) is 4.84. The molecule has 16 heavy (non-hydrogen) atoms. The third-order valence-electron chi connectivity index (χ3n) is 1.82. The molecule has 1 aliphatic heterocycles. The van der Waals surface area contributed by atoms with E-state index in [2.05, 4.69) is 24.5 Å². The summed E-state index contributed by atoms with van der Waals surface area (Å²) in [5, 5.41) is 2.68. The molecule has 1 fully saturated rings. The maximum atomic E-state index is 12.3. The number of aromatic nitrogens is 1. The molecule has 6 heteroatoms. The summed E-state index contributed by atoms with van der Waals surface area (Å²) in [4.78, 5) is 17.5. The van der Waals surface area contributed by atoms with Gasteiger partial charge in [0.25, 0.3) is 0 Å². The zero-order valence-electron chi connectivity index (χ0n) is 8.69. The second-order valence-electron chi connectivity index (χ2n) is 3.09. The fraction of sp³-hybridized carbons (Fsp3) is 0.300. The fourth-order valence-electron chi connectivity index (χ4n) is 1.12. The average Bonchev–Trinajstić information content (AvgIpc) is 2.71. The third-order valence-corrected chi connectivity index (χ3v) is 1.97. The van der Waals surface area contributed by atoms with Crippen molar-refractivity contribution in [1.82, 2.24) is 10.3 Å². The van der Waals surface area contributed by atoms with E-state index >= 15 is 0 Å². The smallest absolute Gasteiger partial charge is 0.220 e. The molecular formula is C10H13FN3OP. The number of carbonyl (C=O) groups excluding carboxylic acids is 1. The lowest BCUT2D eigenvalue weighted by molar-refractivity contribution is -0.119. The molecule has 1 aromatic rings. The maximum Gasteiger partial charge on any atom is 0.220 e. The lowest BCUT2D eigenvalue weighted by atomic mass is 10.4. The molecule has 0 aromatic carbocycles. The number of amides is 1. The molecule has 0 spiro atoms. The van der Waals surface area contributed by atoms with Gasteiger partial charge in [0, 0.05) is 25.0 Å². The fourth-order valence-corrected chi connectivity index (χ4v) is 1.29. The molecule has 0 aliphatic carbocycles. The summed E-state index contributed by atoms with van der Waals surface area (Å²) in [7, 11) is 2.30. The van der Waals surface area contributed by atoms with Gasteiger partial charge in [-0.05, 0) is 6.42 Å². The number of carbonyl (C=O) groups is 1. The molecule has 86 valence electrons. The van der Waals surface area contributed by atoms with Crippen LogP contribution in [-0.2, 0) is 4.79 Å². The van der Waals surface area contributed by atoms with Crippen molar-refractivity contribution in [2.75, 3.05) is 6.54 Å². The van der Waals surface area contributed by atoms with Crippen molar-refractivity contribution in [2.24, 2.45) is 4.99 Å². The minimum atomic E-state index is -0.367. The van der Waals surface area contributed by atoms with Crippen molar-refractivity contribution in [3.8, 4) is 0 Å². The number of nitrogens with zero attached hydrogens (tertiary/aromatic N) is 2. The number of pyridine rings is 1. The van der Waals surface area contributed by atoms with E-state index in [1.54, 1.807) is 0 Å². The van der Waals surface area contributed by atoms with Gasteiger partial charge in [0.05, 0.1) is 18.1 Å². The van der Waals surface area contributed by atoms with Crippen molar-refractivity contribution in [1.29, 1.82) is 0 Å². The van der Waals surface area contributed by atoms with Crippen LogP contribution in [0.3, 0.4) is 0 Å². The van der Waals surface area contributed by atoms with Gasteiger partial charge >= 0.3 is 0 Å². The van der Waals surface area contributed by atoms with Gasteiger partial charge in [-0.3, -0.25) is 14.8 Å². The minimum absolute atomic E-state index is 0.204. The van der Waals surface area contributed by atoms with Gasteiger partial charge in [-0.1, -0.05) is 9.24 Å². The molecule has 1 atom stereocenters. The number of hydrogen-bond acceptors (Lipinski definition) is 3. The van der Waals surface area contributed by atoms with Crippen LogP contribution < -0.4 is 5.32 Å². The van der Waals surface area contributed by atoms with Crippen LogP contribution in [0.2, 0.25) is 0 Å². The highest BCUT2D eigenvalue weighted by Gasteiger charge is 2.05. The Morgan fingerprint density at radius 2 is 2.38 bits per heavy atom. The largest absolute Gasteiger partial charge is 0.356 e. The lowest BCUT2D eigenvalue weighted by Gasteiger charge is -1.89. The predicted octanol–water partition coefficient (Wildman–Crippen LogP) is 1.65. The lowest BCUT2D eigenvalue weighted by Crippen LogP contribution is -2.12. The Kier molecular flexibility index (Phi) is 5.57. The summed E-state index contributed by atoms with van der Waals surface area (Å²) in [6.07, 6.45) is 4.39. The first-order chi connectivity index (χ1) is 7.72. The first kappa shape index (κ1) is 12.7. The van der Waals surface area contributed by atoms with E-state index in [4.69, 9.17) is 0 Å². The Balaban J connectivity index is 0.000000181.